The maximum Gasteiger partial charge on any atom is 0.124 e. The van der Waals surface area contributed by atoms with Crippen molar-refractivity contribution in [2.24, 2.45) is 0 Å². The highest BCUT2D eigenvalue weighted by molar-refractivity contribution is 6.11. The van der Waals surface area contributed by atoms with E-state index in [4.69, 9.17) is 0 Å². The van der Waals surface area contributed by atoms with Gasteiger partial charge in [0.1, 0.15) is 5.75 Å². The summed E-state index contributed by atoms with van der Waals surface area (Å²) in [6.45, 7) is 2.27. The fourth-order valence-corrected chi connectivity index (χ4v) is 5.25. The summed E-state index contributed by atoms with van der Waals surface area (Å²) in [5.41, 5.74) is 3.02. The molecule has 0 fully saturated rings. The molecule has 5 aromatic rings. The Morgan fingerprint density at radius 3 is 2.30 bits per heavy atom. The van der Waals surface area contributed by atoms with Crippen molar-refractivity contribution in [2.45, 2.75) is 51.4 Å². The zero-order valence-corrected chi connectivity index (χ0v) is 19.2. The van der Waals surface area contributed by atoms with Gasteiger partial charge in [-0.2, -0.15) is 0 Å². The summed E-state index contributed by atoms with van der Waals surface area (Å²) in [5, 5.41) is 17.4. The number of rotatable bonds is 3. The number of hydrogen-bond donors (Lipinski definition) is 1. The van der Waals surface area contributed by atoms with Crippen LogP contribution in [0.2, 0.25) is 0 Å². The minimum atomic E-state index is 0.414. The van der Waals surface area contributed by atoms with Gasteiger partial charge in [-0.15, -0.1) is 0 Å². The van der Waals surface area contributed by atoms with Gasteiger partial charge < -0.3 is 5.11 Å². The van der Waals surface area contributed by atoms with E-state index in [1.54, 1.807) is 12.4 Å². The van der Waals surface area contributed by atoms with E-state index in [-0.39, 0.29) is 0 Å². The summed E-state index contributed by atoms with van der Waals surface area (Å²) >= 11 is 0. The van der Waals surface area contributed by atoms with Crippen LogP contribution in [0.3, 0.4) is 0 Å². The van der Waals surface area contributed by atoms with Crippen molar-refractivity contribution in [3.05, 3.63) is 90.5 Å². The zero-order chi connectivity index (χ0) is 22.6. The number of benzene rings is 3. The van der Waals surface area contributed by atoms with E-state index in [2.05, 4.69) is 41.2 Å². The molecule has 3 aromatic carbocycles. The van der Waals surface area contributed by atoms with E-state index in [0.29, 0.717) is 11.7 Å². The Balaban J connectivity index is 0.000000190. The third-order valence-corrected chi connectivity index (χ3v) is 6.93. The van der Waals surface area contributed by atoms with Crippen molar-refractivity contribution in [1.82, 2.24) is 9.97 Å². The minimum absolute atomic E-state index is 0.414. The lowest BCUT2D eigenvalue weighted by Gasteiger charge is -2.27. The number of aromatic nitrogens is 2. The Morgan fingerprint density at radius 2 is 1.58 bits per heavy atom. The van der Waals surface area contributed by atoms with Crippen molar-refractivity contribution in [3.63, 3.8) is 0 Å². The lowest BCUT2D eigenvalue weighted by atomic mass is 9.78. The van der Waals surface area contributed by atoms with Crippen LogP contribution in [0, 0.1) is 0 Å². The molecule has 2 heterocycles. The number of aromatic hydroxyl groups is 1. The Bertz CT molecular complexity index is 1340. The molecule has 0 saturated carbocycles. The molecule has 0 spiro atoms. The number of aryl methyl sites for hydroxylation is 1. The van der Waals surface area contributed by atoms with Gasteiger partial charge in [0, 0.05) is 35.6 Å². The van der Waals surface area contributed by atoms with Gasteiger partial charge in [-0.3, -0.25) is 9.97 Å². The van der Waals surface area contributed by atoms with Crippen LogP contribution in [0.4, 0.5) is 0 Å². The van der Waals surface area contributed by atoms with Crippen LogP contribution >= 0.6 is 0 Å². The van der Waals surface area contributed by atoms with E-state index in [9.17, 15) is 5.11 Å². The van der Waals surface area contributed by atoms with Gasteiger partial charge in [-0.25, -0.2) is 0 Å². The number of pyridine rings is 2. The lowest BCUT2D eigenvalue weighted by Crippen LogP contribution is -2.10. The Hall–Kier alpha value is -3.46. The van der Waals surface area contributed by atoms with Gasteiger partial charge >= 0.3 is 0 Å². The monoisotopic (exact) mass is 434 g/mol. The highest BCUT2D eigenvalue weighted by Gasteiger charge is 2.22. The largest absolute Gasteiger partial charge is 0.507 e. The third-order valence-electron chi connectivity index (χ3n) is 6.93. The molecule has 3 nitrogen and oxygen atoms in total. The summed E-state index contributed by atoms with van der Waals surface area (Å²) < 4.78 is 0. The number of fused-ring (bicyclic) bond motifs is 6. The van der Waals surface area contributed by atoms with Crippen molar-refractivity contribution in [3.8, 4) is 5.75 Å². The van der Waals surface area contributed by atoms with E-state index in [0.717, 1.165) is 17.2 Å². The molecule has 1 unspecified atom stereocenters. The molecule has 0 radical (unpaired) electrons. The number of phenols is 1. The molecule has 6 rings (SSSR count). The highest BCUT2D eigenvalue weighted by atomic mass is 16.3. The summed E-state index contributed by atoms with van der Waals surface area (Å²) in [6, 6.07) is 18.8. The molecule has 1 N–H and O–H groups in total. The van der Waals surface area contributed by atoms with Crippen LogP contribution in [0.5, 0.6) is 5.75 Å². The molecule has 33 heavy (non-hydrogen) atoms. The van der Waals surface area contributed by atoms with Crippen LogP contribution in [0.1, 0.15) is 56.1 Å². The number of nitrogens with zero attached hydrogens (tertiary/aromatic N) is 2. The van der Waals surface area contributed by atoms with E-state index >= 15 is 0 Å². The zero-order valence-electron chi connectivity index (χ0n) is 19.2. The molecule has 2 aromatic heterocycles. The first-order chi connectivity index (χ1) is 16.3. The van der Waals surface area contributed by atoms with Crippen LogP contribution in [-0.2, 0) is 6.42 Å². The highest BCUT2D eigenvalue weighted by Crippen LogP contribution is 2.42. The molecule has 166 valence electrons. The van der Waals surface area contributed by atoms with Crippen LogP contribution in [-0.4, -0.2) is 15.1 Å². The Morgan fingerprint density at radius 1 is 0.848 bits per heavy atom. The first kappa shape index (κ1) is 21.4. The molecular formula is C30H30N2O. The van der Waals surface area contributed by atoms with Crippen molar-refractivity contribution >= 4 is 32.3 Å². The maximum atomic E-state index is 10.5. The van der Waals surface area contributed by atoms with Crippen molar-refractivity contribution in [2.75, 3.05) is 0 Å². The second-order valence-corrected chi connectivity index (χ2v) is 9.00. The van der Waals surface area contributed by atoms with Crippen LogP contribution in [0.15, 0.2) is 79.4 Å². The molecule has 1 aliphatic carbocycles. The molecule has 1 atom stereocenters. The molecular weight excluding hydrogens is 404 g/mol. The topological polar surface area (TPSA) is 46.0 Å². The molecule has 1 aliphatic rings. The van der Waals surface area contributed by atoms with Crippen molar-refractivity contribution < 1.29 is 5.11 Å². The first-order valence-electron chi connectivity index (χ1n) is 12.1. The predicted octanol–water partition coefficient (Wildman–Crippen LogP) is 7.94. The van der Waals surface area contributed by atoms with Gasteiger partial charge in [0.2, 0.25) is 0 Å². The molecule has 0 bridgehead atoms. The summed E-state index contributed by atoms with van der Waals surface area (Å²) in [7, 11) is 0. The predicted molar refractivity (Wildman–Crippen MR) is 138 cm³/mol. The van der Waals surface area contributed by atoms with Gasteiger partial charge in [0.05, 0.1) is 0 Å². The number of unbranched alkanes of at least 4 members (excludes halogenated alkanes) is 1. The summed E-state index contributed by atoms with van der Waals surface area (Å²) in [6.07, 6.45) is 14.8. The van der Waals surface area contributed by atoms with E-state index in [1.807, 2.05) is 42.7 Å². The van der Waals surface area contributed by atoms with Crippen molar-refractivity contribution in [1.29, 1.82) is 0 Å². The Labute approximate surface area is 195 Å². The quantitative estimate of drug-likeness (QED) is 0.293. The second-order valence-electron chi connectivity index (χ2n) is 9.00. The lowest BCUT2D eigenvalue weighted by molar-refractivity contribution is 0.482. The van der Waals surface area contributed by atoms with Gasteiger partial charge in [-0.1, -0.05) is 56.2 Å². The molecule has 3 heteroatoms. The average molecular weight is 435 g/mol. The van der Waals surface area contributed by atoms with E-state index in [1.165, 1.54) is 64.8 Å². The van der Waals surface area contributed by atoms with Crippen LogP contribution < -0.4 is 0 Å². The van der Waals surface area contributed by atoms with Gasteiger partial charge in [0.25, 0.3) is 0 Å². The van der Waals surface area contributed by atoms with Gasteiger partial charge in [-0.05, 0) is 82.5 Å². The normalized spacial score (nSPS) is 15.2. The SMILES string of the molecule is CCCCC1CCCc2c1ccc1c2cc(O)c2ccccc21.c1cc2ccncc2cn1. The third kappa shape index (κ3) is 4.28. The van der Waals surface area contributed by atoms with Crippen LogP contribution in [0.25, 0.3) is 32.3 Å². The maximum absolute atomic E-state index is 10.5. The molecule has 0 aliphatic heterocycles. The smallest absolute Gasteiger partial charge is 0.124 e. The minimum Gasteiger partial charge on any atom is -0.507 e. The van der Waals surface area contributed by atoms with E-state index < -0.39 is 0 Å². The summed E-state index contributed by atoms with van der Waals surface area (Å²) in [4.78, 5) is 7.95. The molecule has 0 saturated heterocycles. The average Bonchev–Trinajstić information content (AvgIpc) is 2.88. The Kier molecular flexibility index (Phi) is 6.21. The molecule has 0 amide bonds. The second kappa shape index (κ2) is 9.58. The number of phenolic OH excluding ortho intramolecular Hbond substituents is 1. The number of hydrogen-bond acceptors (Lipinski definition) is 3. The standard InChI is InChI=1S/C22H24O.C8H6N2/c1-2-3-7-15-8-6-11-17-16(15)12-13-19-18-9-4-5-10-20(18)22(23)14-21(17)19;1-3-9-5-8-6-10-4-2-7(1)8/h4-5,9-10,12-15,23H,2-3,6-8,11H2,1H3;1-6H. The fourth-order valence-electron chi connectivity index (χ4n) is 5.25. The first-order valence-corrected chi connectivity index (χ1v) is 12.1. The summed E-state index contributed by atoms with van der Waals surface area (Å²) in [5.74, 6) is 1.12. The fraction of sp³-hybridized carbons (Fsp3) is 0.267. The van der Waals surface area contributed by atoms with Gasteiger partial charge in [0.15, 0.2) is 0 Å².